The van der Waals surface area contributed by atoms with Gasteiger partial charge in [0.1, 0.15) is 5.01 Å². The highest BCUT2D eigenvalue weighted by atomic mass is 32.1. The number of fused-ring (bicyclic) bond motifs is 1. The van der Waals surface area contributed by atoms with E-state index in [1.54, 1.807) is 0 Å². The fourth-order valence-corrected chi connectivity index (χ4v) is 2.85. The smallest absolute Gasteiger partial charge is 0.195 e. The monoisotopic (exact) mass is 244 g/mol. The van der Waals surface area contributed by atoms with Crippen LogP contribution in [0.15, 0.2) is 30.5 Å². The van der Waals surface area contributed by atoms with Crippen molar-refractivity contribution in [1.82, 2.24) is 9.55 Å². The Bertz CT molecular complexity index is 677. The summed E-state index contributed by atoms with van der Waals surface area (Å²) in [6, 6.07) is 8.21. The first-order valence-electron chi connectivity index (χ1n) is 5.37. The fraction of sp³-hybridized carbons (Fsp3) is 0.154. The van der Waals surface area contributed by atoms with Crippen LogP contribution >= 0.6 is 11.3 Å². The van der Waals surface area contributed by atoms with Gasteiger partial charge in [-0.3, -0.25) is 0 Å². The van der Waals surface area contributed by atoms with Crippen molar-refractivity contribution in [2.75, 3.05) is 0 Å². The number of hydrogen-bond acceptors (Lipinski definition) is 3. The van der Waals surface area contributed by atoms with Crippen LogP contribution in [0.5, 0.6) is 5.06 Å². The Morgan fingerprint density at radius 1 is 1.29 bits per heavy atom. The van der Waals surface area contributed by atoms with Crippen LogP contribution < -0.4 is 0 Å². The SMILES string of the molecule is Cc1nc(-c2cn(C)c3ccccc23)sc1O. The number of hydrogen-bond donors (Lipinski definition) is 1. The van der Waals surface area contributed by atoms with Gasteiger partial charge in [-0.1, -0.05) is 29.5 Å². The minimum Gasteiger partial charge on any atom is -0.498 e. The first kappa shape index (κ1) is 10.4. The van der Waals surface area contributed by atoms with E-state index in [1.165, 1.54) is 22.2 Å². The van der Waals surface area contributed by atoms with Crippen molar-refractivity contribution in [3.8, 4) is 15.6 Å². The molecule has 4 heteroatoms. The molecule has 2 heterocycles. The molecule has 1 N–H and O–H groups in total. The predicted molar refractivity (Wildman–Crippen MR) is 70.4 cm³/mol. The van der Waals surface area contributed by atoms with Crippen LogP contribution in [0.25, 0.3) is 21.5 Å². The predicted octanol–water partition coefficient (Wildman–Crippen LogP) is 3.32. The molecule has 0 aliphatic carbocycles. The van der Waals surface area contributed by atoms with E-state index < -0.39 is 0 Å². The normalized spacial score (nSPS) is 11.2. The Balaban J connectivity index is 2.30. The lowest BCUT2D eigenvalue weighted by molar-refractivity contribution is 0.485. The van der Waals surface area contributed by atoms with Crippen molar-refractivity contribution in [2.45, 2.75) is 6.92 Å². The standard InChI is InChI=1S/C13H12N2OS/c1-8-13(16)17-12(14-8)10-7-15(2)11-6-4-3-5-9(10)11/h3-7,16H,1-2H3. The number of aryl methyl sites for hydroxylation is 2. The van der Waals surface area contributed by atoms with E-state index in [2.05, 4.69) is 27.9 Å². The molecule has 0 radical (unpaired) electrons. The summed E-state index contributed by atoms with van der Waals surface area (Å²) in [5.74, 6) is 0. The largest absolute Gasteiger partial charge is 0.498 e. The summed E-state index contributed by atoms with van der Waals surface area (Å²) in [6.07, 6.45) is 2.06. The summed E-state index contributed by atoms with van der Waals surface area (Å²) in [6.45, 7) is 1.82. The van der Waals surface area contributed by atoms with Gasteiger partial charge in [-0.2, -0.15) is 0 Å². The lowest BCUT2D eigenvalue weighted by Gasteiger charge is -1.93. The Labute approximate surface area is 103 Å². The summed E-state index contributed by atoms with van der Waals surface area (Å²) in [4.78, 5) is 4.40. The molecule has 3 nitrogen and oxygen atoms in total. The second-order valence-corrected chi connectivity index (χ2v) is 5.06. The van der Waals surface area contributed by atoms with Crippen molar-refractivity contribution in [3.05, 3.63) is 36.2 Å². The highest BCUT2D eigenvalue weighted by Gasteiger charge is 2.13. The second kappa shape index (κ2) is 3.60. The van der Waals surface area contributed by atoms with Gasteiger partial charge in [0.05, 0.1) is 5.69 Å². The van der Waals surface area contributed by atoms with E-state index in [0.717, 1.165) is 10.6 Å². The van der Waals surface area contributed by atoms with Gasteiger partial charge in [-0.05, 0) is 13.0 Å². The molecule has 17 heavy (non-hydrogen) atoms. The molecule has 3 rings (SSSR count). The molecule has 0 aliphatic heterocycles. The average Bonchev–Trinajstić information content (AvgIpc) is 2.82. The highest BCUT2D eigenvalue weighted by Crippen LogP contribution is 2.36. The minimum absolute atomic E-state index is 0.299. The molecular formula is C13H12N2OS. The van der Waals surface area contributed by atoms with E-state index in [-0.39, 0.29) is 0 Å². The molecular weight excluding hydrogens is 232 g/mol. The van der Waals surface area contributed by atoms with Crippen LogP contribution in [0.1, 0.15) is 5.69 Å². The van der Waals surface area contributed by atoms with Crippen molar-refractivity contribution in [2.24, 2.45) is 7.05 Å². The van der Waals surface area contributed by atoms with E-state index >= 15 is 0 Å². The average molecular weight is 244 g/mol. The van der Waals surface area contributed by atoms with E-state index in [4.69, 9.17) is 0 Å². The molecule has 1 aromatic carbocycles. The Morgan fingerprint density at radius 3 is 2.76 bits per heavy atom. The number of rotatable bonds is 1. The topological polar surface area (TPSA) is 38.0 Å². The molecule has 86 valence electrons. The highest BCUT2D eigenvalue weighted by molar-refractivity contribution is 7.16. The van der Waals surface area contributed by atoms with Gasteiger partial charge in [-0.15, -0.1) is 0 Å². The molecule has 0 fully saturated rings. The molecule has 0 bridgehead atoms. The first-order valence-corrected chi connectivity index (χ1v) is 6.19. The first-order chi connectivity index (χ1) is 8.16. The Hall–Kier alpha value is -1.81. The van der Waals surface area contributed by atoms with Gasteiger partial charge in [0, 0.05) is 29.7 Å². The van der Waals surface area contributed by atoms with Gasteiger partial charge in [-0.25, -0.2) is 4.98 Å². The molecule has 0 aliphatic rings. The van der Waals surface area contributed by atoms with Crippen LogP contribution in [-0.2, 0) is 7.05 Å². The summed E-state index contributed by atoms with van der Waals surface area (Å²) >= 11 is 1.33. The zero-order valence-corrected chi connectivity index (χ0v) is 10.5. The van der Waals surface area contributed by atoms with Crippen LogP contribution in [0.3, 0.4) is 0 Å². The minimum atomic E-state index is 0.299. The fourth-order valence-electron chi connectivity index (χ4n) is 2.02. The molecule has 3 aromatic rings. The van der Waals surface area contributed by atoms with Crippen molar-refractivity contribution < 1.29 is 5.11 Å². The summed E-state index contributed by atoms with van der Waals surface area (Å²) < 4.78 is 2.08. The van der Waals surface area contributed by atoms with Crippen molar-refractivity contribution >= 4 is 22.2 Å². The number of benzene rings is 1. The second-order valence-electron chi connectivity index (χ2n) is 4.08. The van der Waals surface area contributed by atoms with E-state index in [9.17, 15) is 5.11 Å². The van der Waals surface area contributed by atoms with Crippen LogP contribution in [0, 0.1) is 6.92 Å². The molecule has 2 aromatic heterocycles. The number of aromatic nitrogens is 2. The lowest BCUT2D eigenvalue weighted by atomic mass is 10.2. The molecule has 0 saturated heterocycles. The van der Waals surface area contributed by atoms with Crippen molar-refractivity contribution in [1.29, 1.82) is 0 Å². The maximum absolute atomic E-state index is 9.63. The van der Waals surface area contributed by atoms with Gasteiger partial charge in [0.15, 0.2) is 5.06 Å². The van der Waals surface area contributed by atoms with Gasteiger partial charge in [0.2, 0.25) is 0 Å². The molecule has 0 amide bonds. The maximum Gasteiger partial charge on any atom is 0.195 e. The Morgan fingerprint density at radius 2 is 2.06 bits per heavy atom. The van der Waals surface area contributed by atoms with Gasteiger partial charge < -0.3 is 9.67 Å². The molecule has 0 saturated carbocycles. The van der Waals surface area contributed by atoms with Gasteiger partial charge in [0.25, 0.3) is 0 Å². The van der Waals surface area contributed by atoms with Crippen LogP contribution in [0.4, 0.5) is 0 Å². The third kappa shape index (κ3) is 1.52. The third-order valence-corrected chi connectivity index (χ3v) is 3.89. The van der Waals surface area contributed by atoms with Crippen LogP contribution in [-0.4, -0.2) is 14.7 Å². The summed E-state index contributed by atoms with van der Waals surface area (Å²) in [5.41, 5.74) is 2.95. The lowest BCUT2D eigenvalue weighted by Crippen LogP contribution is -1.81. The molecule has 0 unspecified atom stereocenters. The molecule has 0 spiro atoms. The van der Waals surface area contributed by atoms with Crippen LogP contribution in [0.2, 0.25) is 0 Å². The van der Waals surface area contributed by atoms with Crippen molar-refractivity contribution in [3.63, 3.8) is 0 Å². The quantitative estimate of drug-likeness (QED) is 0.713. The zero-order chi connectivity index (χ0) is 12.0. The van der Waals surface area contributed by atoms with E-state index in [1.807, 2.05) is 26.1 Å². The number of thiazole rings is 1. The summed E-state index contributed by atoms with van der Waals surface area (Å²) in [7, 11) is 2.02. The molecule has 0 atom stereocenters. The Kier molecular flexibility index (Phi) is 2.19. The zero-order valence-electron chi connectivity index (χ0n) is 9.64. The van der Waals surface area contributed by atoms with Gasteiger partial charge >= 0.3 is 0 Å². The number of aromatic hydroxyl groups is 1. The summed E-state index contributed by atoms with van der Waals surface area (Å²) in [5, 5.41) is 12.0. The number of nitrogens with zero attached hydrogens (tertiary/aromatic N) is 2. The van der Waals surface area contributed by atoms with E-state index in [0.29, 0.717) is 10.8 Å². The maximum atomic E-state index is 9.63. The number of para-hydroxylation sites is 1. The third-order valence-electron chi connectivity index (χ3n) is 2.90.